The number of hydrogen-bond acceptors (Lipinski definition) is 3. The van der Waals surface area contributed by atoms with E-state index in [4.69, 9.17) is 4.42 Å². The summed E-state index contributed by atoms with van der Waals surface area (Å²) in [4.78, 5) is 4.63. The fourth-order valence-corrected chi connectivity index (χ4v) is 4.67. The third-order valence-corrected chi connectivity index (χ3v) is 7.00. The van der Waals surface area contributed by atoms with E-state index >= 15 is 0 Å². The standard InChI is InChI=1S/C30H31FN2O/c1-19-15-27(25-11-13-29(33-18-25)32-17-22-6-7-22)20(2)21(3)30(19)24-9-8-23(28(31)16-24)10-12-26-5-4-14-34-26/h4-5,8-9,11,13-16,18,22H,6-7,10,12,17H2,1-3H3,(H,32,33). The van der Waals surface area contributed by atoms with E-state index in [0.29, 0.717) is 18.4 Å². The largest absolute Gasteiger partial charge is 0.469 e. The van der Waals surface area contributed by atoms with Crippen LogP contribution in [0.5, 0.6) is 0 Å². The Balaban J connectivity index is 1.38. The average molecular weight is 455 g/mol. The molecule has 1 aliphatic carbocycles. The zero-order valence-electron chi connectivity index (χ0n) is 20.1. The van der Waals surface area contributed by atoms with Crippen LogP contribution in [0, 0.1) is 32.5 Å². The van der Waals surface area contributed by atoms with Crippen molar-refractivity contribution >= 4 is 5.82 Å². The lowest BCUT2D eigenvalue weighted by Crippen LogP contribution is -2.04. The molecular weight excluding hydrogens is 423 g/mol. The third-order valence-electron chi connectivity index (χ3n) is 7.00. The lowest BCUT2D eigenvalue weighted by molar-refractivity contribution is 0.505. The molecule has 0 amide bonds. The summed E-state index contributed by atoms with van der Waals surface area (Å²) in [5, 5.41) is 3.43. The van der Waals surface area contributed by atoms with Gasteiger partial charge in [0.15, 0.2) is 0 Å². The van der Waals surface area contributed by atoms with Gasteiger partial charge in [-0.2, -0.15) is 0 Å². The van der Waals surface area contributed by atoms with Crippen molar-refractivity contribution in [3.63, 3.8) is 0 Å². The molecule has 4 heteroatoms. The van der Waals surface area contributed by atoms with Gasteiger partial charge in [0.25, 0.3) is 0 Å². The van der Waals surface area contributed by atoms with Crippen LogP contribution in [-0.2, 0) is 12.8 Å². The number of furan rings is 1. The highest BCUT2D eigenvalue weighted by Crippen LogP contribution is 2.36. The minimum absolute atomic E-state index is 0.164. The van der Waals surface area contributed by atoms with Crippen LogP contribution in [0.15, 0.2) is 65.4 Å². The van der Waals surface area contributed by atoms with Gasteiger partial charge in [-0.05, 0) is 115 Å². The highest BCUT2D eigenvalue weighted by molar-refractivity contribution is 5.80. The molecule has 0 radical (unpaired) electrons. The summed E-state index contributed by atoms with van der Waals surface area (Å²) in [6, 6.07) is 15.8. The van der Waals surface area contributed by atoms with Gasteiger partial charge in [0.1, 0.15) is 17.4 Å². The monoisotopic (exact) mass is 454 g/mol. The van der Waals surface area contributed by atoms with Crippen molar-refractivity contribution in [1.82, 2.24) is 4.98 Å². The Morgan fingerprint density at radius 2 is 1.79 bits per heavy atom. The first-order chi connectivity index (χ1) is 16.5. The number of rotatable bonds is 8. The van der Waals surface area contributed by atoms with E-state index < -0.39 is 0 Å². The van der Waals surface area contributed by atoms with Gasteiger partial charge in [-0.25, -0.2) is 9.37 Å². The van der Waals surface area contributed by atoms with E-state index in [1.807, 2.05) is 30.5 Å². The second-order valence-electron chi connectivity index (χ2n) is 9.51. The van der Waals surface area contributed by atoms with Crippen molar-refractivity contribution in [3.05, 3.63) is 94.8 Å². The summed E-state index contributed by atoms with van der Waals surface area (Å²) < 4.78 is 20.4. The van der Waals surface area contributed by atoms with Crippen LogP contribution < -0.4 is 5.32 Å². The number of halogens is 1. The molecule has 2 heterocycles. The van der Waals surface area contributed by atoms with Gasteiger partial charge < -0.3 is 9.73 Å². The number of anilines is 1. The van der Waals surface area contributed by atoms with Crippen LogP contribution in [0.2, 0.25) is 0 Å². The predicted octanol–water partition coefficient (Wildman–Crippen LogP) is 7.68. The summed E-state index contributed by atoms with van der Waals surface area (Å²) in [5.74, 6) is 2.46. The lowest BCUT2D eigenvalue weighted by atomic mass is 9.87. The van der Waals surface area contributed by atoms with Crippen molar-refractivity contribution in [3.8, 4) is 22.3 Å². The molecule has 4 aromatic rings. The molecule has 5 rings (SSSR count). The van der Waals surface area contributed by atoms with Gasteiger partial charge in [-0.1, -0.05) is 18.2 Å². The van der Waals surface area contributed by atoms with E-state index in [0.717, 1.165) is 46.3 Å². The van der Waals surface area contributed by atoms with Crippen LogP contribution in [-0.4, -0.2) is 11.5 Å². The second-order valence-corrected chi connectivity index (χ2v) is 9.51. The van der Waals surface area contributed by atoms with Gasteiger partial charge in [0, 0.05) is 24.7 Å². The first-order valence-electron chi connectivity index (χ1n) is 12.1. The zero-order chi connectivity index (χ0) is 23.7. The van der Waals surface area contributed by atoms with Gasteiger partial charge in [0.05, 0.1) is 6.26 Å². The molecule has 1 N–H and O–H groups in total. The van der Waals surface area contributed by atoms with E-state index in [1.54, 1.807) is 12.3 Å². The fraction of sp³-hybridized carbons (Fsp3) is 0.300. The molecule has 0 aliphatic heterocycles. The van der Waals surface area contributed by atoms with Gasteiger partial charge in [0.2, 0.25) is 0 Å². The lowest BCUT2D eigenvalue weighted by Gasteiger charge is -2.18. The fourth-order valence-electron chi connectivity index (χ4n) is 4.67. The third kappa shape index (κ3) is 4.77. The highest BCUT2D eigenvalue weighted by Gasteiger charge is 2.21. The summed E-state index contributed by atoms with van der Waals surface area (Å²) in [6.45, 7) is 7.38. The van der Waals surface area contributed by atoms with Crippen LogP contribution in [0.3, 0.4) is 0 Å². The predicted molar refractivity (Wildman–Crippen MR) is 137 cm³/mol. The summed E-state index contributed by atoms with van der Waals surface area (Å²) >= 11 is 0. The molecule has 1 fully saturated rings. The number of benzene rings is 2. The van der Waals surface area contributed by atoms with Crippen molar-refractivity contribution in [1.29, 1.82) is 0 Å². The Labute approximate surface area is 201 Å². The summed E-state index contributed by atoms with van der Waals surface area (Å²) in [5.41, 5.74) is 8.52. The smallest absolute Gasteiger partial charge is 0.127 e. The first-order valence-corrected chi connectivity index (χ1v) is 12.1. The molecule has 0 unspecified atom stereocenters. The quantitative estimate of drug-likeness (QED) is 0.297. The molecule has 1 saturated carbocycles. The summed E-state index contributed by atoms with van der Waals surface area (Å²) in [7, 11) is 0. The molecule has 2 aromatic heterocycles. The molecule has 3 nitrogen and oxygen atoms in total. The number of aryl methyl sites for hydroxylation is 3. The topological polar surface area (TPSA) is 38.1 Å². The van der Waals surface area contributed by atoms with Crippen LogP contribution >= 0.6 is 0 Å². The van der Waals surface area contributed by atoms with Crippen molar-refractivity contribution in [2.24, 2.45) is 5.92 Å². The van der Waals surface area contributed by atoms with Gasteiger partial charge >= 0.3 is 0 Å². The van der Waals surface area contributed by atoms with E-state index in [2.05, 4.69) is 49.3 Å². The Hall–Kier alpha value is -3.40. The Morgan fingerprint density at radius 1 is 0.971 bits per heavy atom. The minimum Gasteiger partial charge on any atom is -0.469 e. The first kappa shape index (κ1) is 22.4. The van der Waals surface area contributed by atoms with Crippen LogP contribution in [0.25, 0.3) is 22.3 Å². The van der Waals surface area contributed by atoms with Crippen molar-refractivity contribution in [2.75, 3.05) is 11.9 Å². The molecule has 1 aliphatic rings. The maximum Gasteiger partial charge on any atom is 0.127 e. The second kappa shape index (κ2) is 9.46. The Bertz CT molecular complexity index is 1290. The van der Waals surface area contributed by atoms with Crippen molar-refractivity contribution in [2.45, 2.75) is 46.5 Å². The normalized spacial score (nSPS) is 13.3. The molecule has 0 saturated heterocycles. The molecule has 174 valence electrons. The number of hydrogen-bond donors (Lipinski definition) is 1. The molecule has 0 spiro atoms. The SMILES string of the molecule is Cc1cc(-c2ccc(NCC3CC3)nc2)c(C)c(C)c1-c1ccc(CCc2ccco2)c(F)c1. The Morgan fingerprint density at radius 3 is 2.47 bits per heavy atom. The van der Waals surface area contributed by atoms with Crippen LogP contribution in [0.1, 0.15) is 40.9 Å². The molecular formula is C30H31FN2O. The van der Waals surface area contributed by atoms with Gasteiger partial charge in [-0.3, -0.25) is 0 Å². The van der Waals surface area contributed by atoms with E-state index in [9.17, 15) is 4.39 Å². The number of aromatic nitrogens is 1. The molecule has 0 bridgehead atoms. The number of pyridine rings is 1. The number of nitrogens with zero attached hydrogens (tertiary/aromatic N) is 1. The van der Waals surface area contributed by atoms with Gasteiger partial charge in [-0.15, -0.1) is 0 Å². The zero-order valence-corrected chi connectivity index (χ0v) is 20.1. The minimum atomic E-state index is -0.164. The van der Waals surface area contributed by atoms with E-state index in [1.165, 1.54) is 29.5 Å². The average Bonchev–Trinajstić information content (AvgIpc) is 3.52. The van der Waals surface area contributed by atoms with Crippen LogP contribution in [0.4, 0.5) is 10.2 Å². The maximum atomic E-state index is 15.0. The maximum absolute atomic E-state index is 15.0. The molecule has 2 aromatic carbocycles. The Kier molecular flexibility index (Phi) is 6.23. The van der Waals surface area contributed by atoms with Crippen molar-refractivity contribution < 1.29 is 8.81 Å². The highest BCUT2D eigenvalue weighted by atomic mass is 19.1. The summed E-state index contributed by atoms with van der Waals surface area (Å²) in [6.07, 6.45) is 7.57. The number of nitrogens with one attached hydrogen (secondary N) is 1. The van der Waals surface area contributed by atoms with E-state index in [-0.39, 0.29) is 5.82 Å². The molecule has 34 heavy (non-hydrogen) atoms. The molecule has 0 atom stereocenters.